The van der Waals surface area contributed by atoms with Gasteiger partial charge in [0.05, 0.1) is 6.61 Å². The molecule has 0 bridgehead atoms. The Bertz CT molecular complexity index is 383. The average molecular weight is 259 g/mol. The molecule has 104 valence electrons. The van der Waals surface area contributed by atoms with E-state index >= 15 is 0 Å². The van der Waals surface area contributed by atoms with Crippen LogP contribution >= 0.6 is 0 Å². The van der Waals surface area contributed by atoms with Gasteiger partial charge in [0.25, 0.3) is 0 Å². The summed E-state index contributed by atoms with van der Waals surface area (Å²) in [5.74, 6) is 1.79. The molecule has 1 aliphatic rings. The lowest BCUT2D eigenvalue weighted by molar-refractivity contribution is 0.317. The summed E-state index contributed by atoms with van der Waals surface area (Å²) in [5.41, 5.74) is 1.33. The standard InChI is InChI=1S/C17H25NO/c1-2-12-19-17-10-8-16(9-11-17)14-18-13-15-6-4-3-5-7-15/h3-4,8-11,15,18H,2,5-7,12-14H2,1H3. The zero-order valence-corrected chi connectivity index (χ0v) is 11.9. The zero-order valence-electron chi connectivity index (χ0n) is 11.9. The van der Waals surface area contributed by atoms with Gasteiger partial charge >= 0.3 is 0 Å². The second-order valence-corrected chi connectivity index (χ2v) is 5.27. The van der Waals surface area contributed by atoms with E-state index in [1.54, 1.807) is 0 Å². The molecule has 1 atom stereocenters. The Morgan fingerprint density at radius 2 is 2.05 bits per heavy atom. The van der Waals surface area contributed by atoms with E-state index in [0.29, 0.717) is 0 Å². The molecular formula is C17H25NO. The molecular weight excluding hydrogens is 234 g/mol. The van der Waals surface area contributed by atoms with Crippen LogP contribution in [0.25, 0.3) is 0 Å². The van der Waals surface area contributed by atoms with Gasteiger partial charge in [-0.2, -0.15) is 0 Å². The lowest BCUT2D eigenvalue weighted by atomic mass is 9.94. The van der Waals surface area contributed by atoms with Crippen LogP contribution in [0.3, 0.4) is 0 Å². The predicted molar refractivity (Wildman–Crippen MR) is 80.4 cm³/mol. The van der Waals surface area contributed by atoms with Gasteiger partial charge in [-0.3, -0.25) is 0 Å². The Kier molecular flexibility index (Phi) is 5.96. The number of nitrogens with one attached hydrogen (secondary N) is 1. The van der Waals surface area contributed by atoms with Crippen LogP contribution in [-0.2, 0) is 6.54 Å². The van der Waals surface area contributed by atoms with Crippen LogP contribution in [-0.4, -0.2) is 13.2 Å². The minimum Gasteiger partial charge on any atom is -0.494 e. The number of hydrogen-bond donors (Lipinski definition) is 1. The van der Waals surface area contributed by atoms with Gasteiger partial charge in [-0.15, -0.1) is 0 Å². The minimum absolute atomic E-state index is 0.798. The third-order valence-corrected chi connectivity index (χ3v) is 3.54. The Balaban J connectivity index is 1.69. The molecule has 0 radical (unpaired) electrons. The van der Waals surface area contributed by atoms with Gasteiger partial charge in [0.15, 0.2) is 0 Å². The smallest absolute Gasteiger partial charge is 0.119 e. The van der Waals surface area contributed by atoms with Crippen LogP contribution in [0, 0.1) is 5.92 Å². The SMILES string of the molecule is CCCOc1ccc(CNCC2CC=CCC2)cc1. The first-order valence-electron chi connectivity index (χ1n) is 7.46. The van der Waals surface area contributed by atoms with Gasteiger partial charge in [-0.05, 0) is 55.8 Å². The molecule has 0 heterocycles. The molecule has 0 aromatic heterocycles. The fourth-order valence-electron chi connectivity index (χ4n) is 2.39. The van der Waals surface area contributed by atoms with Gasteiger partial charge in [0.2, 0.25) is 0 Å². The largest absolute Gasteiger partial charge is 0.494 e. The van der Waals surface area contributed by atoms with Crippen molar-refractivity contribution >= 4 is 0 Å². The maximum Gasteiger partial charge on any atom is 0.119 e. The summed E-state index contributed by atoms with van der Waals surface area (Å²) in [5, 5.41) is 3.56. The number of ether oxygens (including phenoxy) is 1. The highest BCUT2D eigenvalue weighted by atomic mass is 16.5. The van der Waals surface area contributed by atoms with Crippen molar-refractivity contribution in [2.24, 2.45) is 5.92 Å². The van der Waals surface area contributed by atoms with E-state index in [9.17, 15) is 0 Å². The summed E-state index contributed by atoms with van der Waals surface area (Å²) in [6, 6.07) is 8.43. The van der Waals surface area contributed by atoms with Crippen molar-refractivity contribution in [2.75, 3.05) is 13.2 Å². The maximum absolute atomic E-state index is 5.58. The lowest BCUT2D eigenvalue weighted by Crippen LogP contribution is -2.23. The quantitative estimate of drug-likeness (QED) is 0.749. The van der Waals surface area contributed by atoms with Crippen molar-refractivity contribution < 1.29 is 4.74 Å². The Hall–Kier alpha value is -1.28. The molecule has 1 aromatic carbocycles. The normalized spacial score (nSPS) is 18.5. The Morgan fingerprint density at radius 1 is 1.21 bits per heavy atom. The van der Waals surface area contributed by atoms with Crippen LogP contribution in [0.2, 0.25) is 0 Å². The average Bonchev–Trinajstić information content (AvgIpc) is 2.47. The molecule has 2 heteroatoms. The van der Waals surface area contributed by atoms with Crippen LogP contribution in [0.1, 0.15) is 38.2 Å². The molecule has 0 spiro atoms. The van der Waals surface area contributed by atoms with E-state index in [-0.39, 0.29) is 0 Å². The number of benzene rings is 1. The summed E-state index contributed by atoms with van der Waals surface area (Å²) < 4.78 is 5.58. The van der Waals surface area contributed by atoms with Crippen molar-refractivity contribution in [2.45, 2.75) is 39.2 Å². The van der Waals surface area contributed by atoms with Gasteiger partial charge in [-0.1, -0.05) is 31.2 Å². The van der Waals surface area contributed by atoms with E-state index in [0.717, 1.165) is 37.8 Å². The fraction of sp³-hybridized carbons (Fsp3) is 0.529. The predicted octanol–water partition coefficient (Wildman–Crippen LogP) is 3.92. The van der Waals surface area contributed by atoms with Crippen LogP contribution in [0.5, 0.6) is 5.75 Å². The van der Waals surface area contributed by atoms with Crippen molar-refractivity contribution in [3.63, 3.8) is 0 Å². The fourth-order valence-corrected chi connectivity index (χ4v) is 2.39. The van der Waals surface area contributed by atoms with Crippen molar-refractivity contribution in [3.8, 4) is 5.75 Å². The Morgan fingerprint density at radius 3 is 2.74 bits per heavy atom. The zero-order chi connectivity index (χ0) is 13.3. The second-order valence-electron chi connectivity index (χ2n) is 5.27. The molecule has 0 saturated heterocycles. The minimum atomic E-state index is 0.798. The van der Waals surface area contributed by atoms with Gasteiger partial charge < -0.3 is 10.1 Å². The first-order valence-corrected chi connectivity index (χ1v) is 7.46. The first-order chi connectivity index (χ1) is 9.38. The van der Waals surface area contributed by atoms with Crippen LogP contribution in [0.4, 0.5) is 0 Å². The van der Waals surface area contributed by atoms with Crippen LogP contribution < -0.4 is 10.1 Å². The molecule has 1 aliphatic carbocycles. The van der Waals surface area contributed by atoms with E-state index in [4.69, 9.17) is 4.74 Å². The van der Waals surface area contributed by atoms with E-state index < -0.39 is 0 Å². The van der Waals surface area contributed by atoms with Crippen molar-refractivity contribution in [3.05, 3.63) is 42.0 Å². The first kappa shape index (κ1) is 14.1. The summed E-state index contributed by atoms with van der Waals surface area (Å²) in [4.78, 5) is 0. The van der Waals surface area contributed by atoms with Gasteiger partial charge in [-0.25, -0.2) is 0 Å². The number of allylic oxidation sites excluding steroid dienone is 2. The summed E-state index contributed by atoms with van der Waals surface area (Å²) in [6.07, 6.45) is 9.47. The van der Waals surface area contributed by atoms with Crippen LogP contribution in [0.15, 0.2) is 36.4 Å². The third kappa shape index (κ3) is 5.07. The topological polar surface area (TPSA) is 21.3 Å². The Labute approximate surface area is 116 Å². The molecule has 1 N–H and O–H groups in total. The highest BCUT2D eigenvalue weighted by Crippen LogP contribution is 2.17. The van der Waals surface area contributed by atoms with Crippen molar-refractivity contribution in [1.29, 1.82) is 0 Å². The molecule has 2 nitrogen and oxygen atoms in total. The molecule has 0 amide bonds. The van der Waals surface area contributed by atoms with E-state index in [1.807, 2.05) is 0 Å². The third-order valence-electron chi connectivity index (χ3n) is 3.54. The lowest BCUT2D eigenvalue weighted by Gasteiger charge is -2.18. The van der Waals surface area contributed by atoms with Gasteiger partial charge in [0, 0.05) is 6.54 Å². The molecule has 0 saturated carbocycles. The molecule has 0 fully saturated rings. The van der Waals surface area contributed by atoms with E-state index in [2.05, 4.69) is 48.7 Å². The molecule has 1 aromatic rings. The highest BCUT2D eigenvalue weighted by molar-refractivity contribution is 5.27. The summed E-state index contributed by atoms with van der Waals surface area (Å²) in [7, 11) is 0. The molecule has 19 heavy (non-hydrogen) atoms. The van der Waals surface area contributed by atoms with Gasteiger partial charge in [0.1, 0.15) is 5.75 Å². The van der Waals surface area contributed by atoms with Crippen molar-refractivity contribution in [1.82, 2.24) is 5.32 Å². The number of rotatable bonds is 7. The monoisotopic (exact) mass is 259 g/mol. The summed E-state index contributed by atoms with van der Waals surface area (Å²) >= 11 is 0. The molecule has 1 unspecified atom stereocenters. The maximum atomic E-state index is 5.58. The second kappa shape index (κ2) is 8.00. The molecule has 2 rings (SSSR count). The van der Waals surface area contributed by atoms with E-state index in [1.165, 1.54) is 24.8 Å². The molecule has 0 aliphatic heterocycles. The summed E-state index contributed by atoms with van der Waals surface area (Å²) in [6.45, 7) is 5.00. The number of hydrogen-bond acceptors (Lipinski definition) is 2. The highest BCUT2D eigenvalue weighted by Gasteiger charge is 2.08.